The summed E-state index contributed by atoms with van der Waals surface area (Å²) in [5.74, 6) is 1.68. The number of hydrogen-bond donors (Lipinski definition) is 0. The Kier molecular flexibility index (Phi) is 4.63. The molecule has 0 aliphatic rings. The van der Waals surface area contributed by atoms with Crippen molar-refractivity contribution in [3.05, 3.63) is 88.8 Å². The van der Waals surface area contributed by atoms with Gasteiger partial charge in [-0.15, -0.1) is 5.10 Å². The standard InChI is InChI=1S/C24H20N4O3/c1-30-18-12-17(13-19(14-18)31-2)22-25-23-20-10-6-7-11-21(20)27(24(29)28(23)26-22)15-16-8-4-3-5-9-16/h3-14H,15H2,1-2H3. The van der Waals surface area contributed by atoms with Crippen molar-refractivity contribution in [3.8, 4) is 22.9 Å². The third-order valence-electron chi connectivity index (χ3n) is 5.25. The Morgan fingerprint density at radius 3 is 2.26 bits per heavy atom. The molecule has 0 aliphatic heterocycles. The number of benzene rings is 3. The summed E-state index contributed by atoms with van der Waals surface area (Å²) in [7, 11) is 3.18. The van der Waals surface area contributed by atoms with Gasteiger partial charge in [-0.2, -0.15) is 4.52 Å². The Balaban J connectivity index is 1.75. The Morgan fingerprint density at radius 2 is 1.55 bits per heavy atom. The van der Waals surface area contributed by atoms with Crippen LogP contribution >= 0.6 is 0 Å². The summed E-state index contributed by atoms with van der Waals surface area (Å²) < 4.78 is 13.8. The molecule has 0 atom stereocenters. The summed E-state index contributed by atoms with van der Waals surface area (Å²) in [6, 6.07) is 23.0. The van der Waals surface area contributed by atoms with E-state index >= 15 is 0 Å². The van der Waals surface area contributed by atoms with Crippen molar-refractivity contribution in [1.29, 1.82) is 0 Å². The van der Waals surface area contributed by atoms with Gasteiger partial charge in [0, 0.05) is 17.0 Å². The zero-order valence-electron chi connectivity index (χ0n) is 17.1. The lowest BCUT2D eigenvalue weighted by atomic mass is 10.2. The maximum Gasteiger partial charge on any atom is 0.351 e. The predicted octanol–water partition coefficient (Wildman–Crippen LogP) is 3.78. The number of ether oxygens (including phenoxy) is 2. The Bertz CT molecular complexity index is 1430. The molecule has 7 nitrogen and oxygen atoms in total. The second-order valence-corrected chi connectivity index (χ2v) is 7.14. The van der Waals surface area contributed by atoms with Gasteiger partial charge in [0.1, 0.15) is 11.5 Å². The van der Waals surface area contributed by atoms with Crippen molar-refractivity contribution in [2.24, 2.45) is 0 Å². The molecule has 0 spiro atoms. The molecule has 2 heterocycles. The molecule has 0 saturated heterocycles. The van der Waals surface area contributed by atoms with E-state index in [1.54, 1.807) is 24.9 Å². The van der Waals surface area contributed by atoms with Crippen LogP contribution < -0.4 is 15.2 Å². The van der Waals surface area contributed by atoms with Crippen molar-refractivity contribution in [1.82, 2.24) is 19.2 Å². The van der Waals surface area contributed by atoms with Gasteiger partial charge in [0.25, 0.3) is 0 Å². The summed E-state index contributed by atoms with van der Waals surface area (Å²) in [4.78, 5) is 18.1. The Morgan fingerprint density at radius 1 is 0.871 bits per heavy atom. The summed E-state index contributed by atoms with van der Waals surface area (Å²) in [6.45, 7) is 0.443. The van der Waals surface area contributed by atoms with Crippen LogP contribution in [-0.4, -0.2) is 33.4 Å². The fourth-order valence-corrected chi connectivity index (χ4v) is 3.71. The highest BCUT2D eigenvalue weighted by molar-refractivity contribution is 5.92. The highest BCUT2D eigenvalue weighted by Crippen LogP contribution is 2.29. The summed E-state index contributed by atoms with van der Waals surface area (Å²) >= 11 is 0. The first-order valence-electron chi connectivity index (χ1n) is 9.83. The normalized spacial score (nSPS) is 11.2. The van der Waals surface area contributed by atoms with E-state index in [0.717, 1.165) is 16.5 Å². The van der Waals surface area contributed by atoms with Crippen LogP contribution in [0.5, 0.6) is 11.5 Å². The first kappa shape index (κ1) is 18.9. The fourth-order valence-electron chi connectivity index (χ4n) is 3.71. The molecule has 5 rings (SSSR count). The smallest absolute Gasteiger partial charge is 0.351 e. The predicted molar refractivity (Wildman–Crippen MR) is 119 cm³/mol. The molecule has 31 heavy (non-hydrogen) atoms. The van der Waals surface area contributed by atoms with Crippen LogP contribution in [0.25, 0.3) is 27.9 Å². The number of aromatic nitrogens is 4. The van der Waals surface area contributed by atoms with Gasteiger partial charge < -0.3 is 9.47 Å². The molecule has 0 aliphatic carbocycles. The van der Waals surface area contributed by atoms with E-state index in [0.29, 0.717) is 35.1 Å². The van der Waals surface area contributed by atoms with Crippen LogP contribution in [0.4, 0.5) is 0 Å². The van der Waals surface area contributed by atoms with Crippen molar-refractivity contribution in [3.63, 3.8) is 0 Å². The number of methoxy groups -OCH3 is 2. The van der Waals surface area contributed by atoms with E-state index in [1.807, 2.05) is 66.7 Å². The van der Waals surface area contributed by atoms with Crippen LogP contribution in [0.15, 0.2) is 77.6 Å². The van der Waals surface area contributed by atoms with E-state index in [-0.39, 0.29) is 5.69 Å². The van der Waals surface area contributed by atoms with Crippen LogP contribution in [0.2, 0.25) is 0 Å². The quantitative estimate of drug-likeness (QED) is 0.439. The van der Waals surface area contributed by atoms with Crippen molar-refractivity contribution >= 4 is 16.6 Å². The van der Waals surface area contributed by atoms with Crippen LogP contribution in [0.1, 0.15) is 5.56 Å². The van der Waals surface area contributed by atoms with E-state index in [9.17, 15) is 4.79 Å². The summed E-state index contributed by atoms with van der Waals surface area (Å²) in [6.07, 6.45) is 0. The van der Waals surface area contributed by atoms with Crippen LogP contribution in [0, 0.1) is 0 Å². The molecule has 0 unspecified atom stereocenters. The molecule has 5 aromatic rings. The highest BCUT2D eigenvalue weighted by atomic mass is 16.5. The molecule has 0 saturated carbocycles. The van der Waals surface area contributed by atoms with Gasteiger partial charge in [0.15, 0.2) is 11.5 Å². The average Bonchev–Trinajstić information content (AvgIpc) is 3.28. The summed E-state index contributed by atoms with van der Waals surface area (Å²) in [5.41, 5.74) is 2.82. The lowest BCUT2D eigenvalue weighted by Crippen LogP contribution is -2.28. The largest absolute Gasteiger partial charge is 0.497 e. The molecule has 0 N–H and O–H groups in total. The third kappa shape index (κ3) is 3.30. The fraction of sp³-hybridized carbons (Fsp3) is 0.125. The summed E-state index contributed by atoms with van der Waals surface area (Å²) in [5, 5.41) is 5.40. The molecule has 154 valence electrons. The lowest BCUT2D eigenvalue weighted by molar-refractivity contribution is 0.394. The lowest BCUT2D eigenvalue weighted by Gasteiger charge is -2.11. The third-order valence-corrected chi connectivity index (χ3v) is 5.25. The van der Waals surface area contributed by atoms with Crippen LogP contribution in [-0.2, 0) is 6.54 Å². The van der Waals surface area contributed by atoms with Gasteiger partial charge in [-0.05, 0) is 29.8 Å². The SMILES string of the molecule is COc1cc(OC)cc(-c2nc3c4ccccc4n(Cc4ccccc4)c(=O)n3n2)c1. The topological polar surface area (TPSA) is 70.7 Å². The highest BCUT2D eigenvalue weighted by Gasteiger charge is 2.17. The van der Waals surface area contributed by atoms with E-state index in [1.165, 1.54) is 4.52 Å². The zero-order valence-corrected chi connectivity index (χ0v) is 17.1. The van der Waals surface area contributed by atoms with Gasteiger partial charge in [-0.1, -0.05) is 42.5 Å². The average molecular weight is 412 g/mol. The number of para-hydroxylation sites is 1. The molecule has 0 radical (unpaired) electrons. The van der Waals surface area contributed by atoms with Gasteiger partial charge in [0.05, 0.1) is 26.3 Å². The van der Waals surface area contributed by atoms with Gasteiger partial charge in [0.2, 0.25) is 0 Å². The Hall–Kier alpha value is -4.13. The molecule has 0 fully saturated rings. The minimum atomic E-state index is -0.244. The minimum absolute atomic E-state index is 0.244. The second-order valence-electron chi connectivity index (χ2n) is 7.14. The molecule has 2 aromatic heterocycles. The van der Waals surface area contributed by atoms with Crippen LogP contribution in [0.3, 0.4) is 0 Å². The minimum Gasteiger partial charge on any atom is -0.497 e. The van der Waals surface area contributed by atoms with Crippen molar-refractivity contribution < 1.29 is 9.47 Å². The van der Waals surface area contributed by atoms with E-state index < -0.39 is 0 Å². The molecule has 0 amide bonds. The molecular weight excluding hydrogens is 392 g/mol. The Labute approximate surface area is 178 Å². The van der Waals surface area contributed by atoms with E-state index in [4.69, 9.17) is 14.5 Å². The van der Waals surface area contributed by atoms with Gasteiger partial charge in [-0.3, -0.25) is 4.57 Å². The number of hydrogen-bond acceptors (Lipinski definition) is 5. The first-order chi connectivity index (χ1) is 15.2. The van der Waals surface area contributed by atoms with Gasteiger partial charge >= 0.3 is 5.69 Å². The maximum atomic E-state index is 13.4. The van der Waals surface area contributed by atoms with Crippen molar-refractivity contribution in [2.75, 3.05) is 14.2 Å². The number of rotatable bonds is 5. The maximum absolute atomic E-state index is 13.4. The number of nitrogens with zero attached hydrogens (tertiary/aromatic N) is 4. The molecule has 0 bridgehead atoms. The van der Waals surface area contributed by atoms with Gasteiger partial charge in [-0.25, -0.2) is 9.78 Å². The first-order valence-corrected chi connectivity index (χ1v) is 9.83. The molecule has 7 heteroatoms. The molecule has 3 aromatic carbocycles. The molecular formula is C24H20N4O3. The van der Waals surface area contributed by atoms with Crippen molar-refractivity contribution in [2.45, 2.75) is 6.54 Å². The monoisotopic (exact) mass is 412 g/mol. The zero-order chi connectivity index (χ0) is 21.4. The second kappa shape index (κ2) is 7.60. The number of fused-ring (bicyclic) bond motifs is 3. The van der Waals surface area contributed by atoms with E-state index in [2.05, 4.69) is 5.10 Å².